The molecule has 2 rings (SSSR count). The number of allylic oxidation sites excluding steroid dienone is 2. The van der Waals surface area contributed by atoms with Crippen LogP contribution in [0, 0.1) is 24.2 Å². The molecule has 6 atom stereocenters. The molecule has 2 heterocycles. The van der Waals surface area contributed by atoms with Crippen LogP contribution in [0.5, 0.6) is 0 Å². The Kier molecular flexibility index (Phi) is 10.4. The molecule has 0 saturated heterocycles. The molecule has 7 heteroatoms. The quantitative estimate of drug-likeness (QED) is 0.512. The van der Waals surface area contributed by atoms with Crippen molar-refractivity contribution >= 4 is 23.2 Å². The largest absolute Gasteiger partial charge is 0.392 e. The lowest BCUT2D eigenvalue weighted by Crippen LogP contribution is -2.46. The molecule has 0 amide bonds. The Labute approximate surface area is 208 Å². The number of ketones is 1. The highest BCUT2D eigenvalue weighted by molar-refractivity contribution is 7.09. The number of rotatable bonds is 2. The number of aliphatic hydroxyl groups is 3. The summed E-state index contributed by atoms with van der Waals surface area (Å²) in [6.07, 6.45) is 5.49. The van der Waals surface area contributed by atoms with E-state index in [1.165, 1.54) is 0 Å². The molecule has 34 heavy (non-hydrogen) atoms. The second-order valence-corrected chi connectivity index (χ2v) is 11.2. The second kappa shape index (κ2) is 12.4. The van der Waals surface area contributed by atoms with Crippen LogP contribution >= 0.6 is 11.3 Å². The van der Waals surface area contributed by atoms with Gasteiger partial charge in [0.25, 0.3) is 0 Å². The minimum absolute atomic E-state index is 0.112. The molecule has 0 bridgehead atoms. The monoisotopic (exact) mass is 491 g/mol. The van der Waals surface area contributed by atoms with Gasteiger partial charge in [0.05, 0.1) is 29.0 Å². The van der Waals surface area contributed by atoms with Crippen LogP contribution in [0.1, 0.15) is 71.5 Å². The van der Waals surface area contributed by atoms with Crippen LogP contribution in [0.15, 0.2) is 34.8 Å². The molecule has 0 radical (unpaired) electrons. The van der Waals surface area contributed by atoms with Gasteiger partial charge in [-0.2, -0.15) is 0 Å². The molecule has 1 aliphatic heterocycles. The molecule has 6 nitrogen and oxygen atoms in total. The number of ether oxygens (including phenoxy) is 1. The van der Waals surface area contributed by atoms with Crippen molar-refractivity contribution in [3.8, 4) is 0 Å². The zero-order chi connectivity index (χ0) is 25.6. The minimum Gasteiger partial charge on any atom is -0.392 e. The molecule has 0 aromatic carbocycles. The van der Waals surface area contributed by atoms with E-state index in [-0.39, 0.29) is 18.1 Å². The van der Waals surface area contributed by atoms with E-state index in [4.69, 9.17) is 4.74 Å². The molecule has 0 spiro atoms. The standard InChI is InChI=1S/C27H41NO5S/c1-16-9-8-10-17(2)25(31)19(4)26(32)27(6,7)23(29)14-24(30)33-22(12-11-16)18(3)13-21-15-34-20(5)28-21/h8,10-11,13,15,17,19,22-25,29-31H,9,12,14H2,1-7H3/b10-8-,16-11-,18-13+/t17-,19+,22-,23-,24-,25-/m0/s1. The maximum absolute atomic E-state index is 13.2. The fraction of sp³-hybridized carbons (Fsp3) is 0.630. The van der Waals surface area contributed by atoms with Gasteiger partial charge in [0.1, 0.15) is 5.78 Å². The average molecular weight is 492 g/mol. The number of thiazole rings is 1. The SMILES string of the molecule is C/C1=C/C[C@@H](/C(C)=C/c2csc(C)n2)O[C@H](O)C[C@H](O)C(C)(C)C(=O)[C@H](C)[C@@H](O)[C@@H](C)/C=C\C1. The van der Waals surface area contributed by atoms with Gasteiger partial charge in [-0.05, 0) is 45.3 Å². The van der Waals surface area contributed by atoms with Crippen LogP contribution in [-0.4, -0.2) is 50.7 Å². The predicted octanol–water partition coefficient (Wildman–Crippen LogP) is 4.83. The van der Waals surface area contributed by atoms with E-state index in [0.29, 0.717) is 12.8 Å². The Balaban J connectivity index is 2.36. The molecule has 190 valence electrons. The first-order chi connectivity index (χ1) is 15.8. The number of hydrogen-bond acceptors (Lipinski definition) is 7. The number of Topliss-reactive ketones (excluding diaryl/α,β-unsaturated/α-hetero) is 1. The van der Waals surface area contributed by atoms with E-state index in [1.807, 2.05) is 51.3 Å². The van der Waals surface area contributed by atoms with Crippen molar-refractivity contribution in [2.75, 3.05) is 0 Å². The van der Waals surface area contributed by atoms with Crippen molar-refractivity contribution < 1.29 is 24.9 Å². The Bertz CT molecular complexity index is 916. The van der Waals surface area contributed by atoms with Crippen molar-refractivity contribution in [3.05, 3.63) is 45.5 Å². The van der Waals surface area contributed by atoms with Crippen molar-refractivity contribution in [1.82, 2.24) is 4.98 Å². The third-order valence-corrected chi connectivity index (χ3v) is 7.55. The third kappa shape index (κ3) is 7.68. The van der Waals surface area contributed by atoms with Gasteiger partial charge in [-0.25, -0.2) is 4.98 Å². The molecule has 0 saturated carbocycles. The average Bonchev–Trinajstić information content (AvgIpc) is 3.18. The van der Waals surface area contributed by atoms with Crippen LogP contribution in [0.4, 0.5) is 0 Å². The number of nitrogens with zero attached hydrogens (tertiary/aromatic N) is 1. The molecular weight excluding hydrogens is 450 g/mol. The highest BCUT2D eigenvalue weighted by Crippen LogP contribution is 2.32. The van der Waals surface area contributed by atoms with E-state index in [0.717, 1.165) is 21.8 Å². The number of hydrogen-bond donors (Lipinski definition) is 3. The van der Waals surface area contributed by atoms with E-state index < -0.39 is 35.9 Å². The highest BCUT2D eigenvalue weighted by atomic mass is 32.1. The van der Waals surface area contributed by atoms with Gasteiger partial charge in [0.2, 0.25) is 0 Å². The molecule has 0 unspecified atom stereocenters. The van der Waals surface area contributed by atoms with Crippen molar-refractivity contribution in [1.29, 1.82) is 0 Å². The summed E-state index contributed by atoms with van der Waals surface area (Å²) in [5.41, 5.74) is 1.75. The van der Waals surface area contributed by atoms with Crippen LogP contribution < -0.4 is 0 Å². The minimum atomic E-state index is -1.26. The van der Waals surface area contributed by atoms with Gasteiger partial charge < -0.3 is 20.1 Å². The molecule has 0 fully saturated rings. The lowest BCUT2D eigenvalue weighted by molar-refractivity contribution is -0.160. The van der Waals surface area contributed by atoms with Gasteiger partial charge in [-0.1, -0.05) is 51.5 Å². The first kappa shape index (κ1) is 28.6. The fourth-order valence-corrected chi connectivity index (χ4v) is 4.76. The van der Waals surface area contributed by atoms with Gasteiger partial charge in [0.15, 0.2) is 6.29 Å². The van der Waals surface area contributed by atoms with E-state index >= 15 is 0 Å². The van der Waals surface area contributed by atoms with Gasteiger partial charge >= 0.3 is 0 Å². The van der Waals surface area contributed by atoms with Crippen molar-refractivity contribution in [2.45, 2.75) is 92.3 Å². The maximum atomic E-state index is 13.2. The number of carbonyl (C=O) groups is 1. The number of aliphatic hydroxyl groups excluding tert-OH is 3. The van der Waals surface area contributed by atoms with Crippen molar-refractivity contribution in [2.24, 2.45) is 17.3 Å². The maximum Gasteiger partial charge on any atom is 0.157 e. The summed E-state index contributed by atoms with van der Waals surface area (Å²) in [5, 5.41) is 35.3. The highest BCUT2D eigenvalue weighted by Gasteiger charge is 2.42. The van der Waals surface area contributed by atoms with E-state index in [2.05, 4.69) is 11.1 Å². The molecule has 1 aliphatic rings. The molecule has 1 aromatic heterocycles. The summed E-state index contributed by atoms with van der Waals surface area (Å²) in [5.74, 6) is -1.11. The van der Waals surface area contributed by atoms with Crippen LogP contribution in [0.3, 0.4) is 0 Å². The normalized spacial score (nSPS) is 34.9. The first-order valence-electron chi connectivity index (χ1n) is 12.0. The number of aryl methyl sites for hydroxylation is 1. The topological polar surface area (TPSA) is 99.9 Å². The summed E-state index contributed by atoms with van der Waals surface area (Å²) in [6.45, 7) is 12.8. The van der Waals surface area contributed by atoms with Crippen LogP contribution in [0.2, 0.25) is 0 Å². The zero-order valence-electron chi connectivity index (χ0n) is 21.5. The van der Waals surface area contributed by atoms with Crippen LogP contribution in [-0.2, 0) is 9.53 Å². The molecular formula is C27H41NO5S. The number of aromatic nitrogens is 1. The molecule has 1 aromatic rings. The van der Waals surface area contributed by atoms with Gasteiger partial charge in [-0.3, -0.25) is 4.79 Å². The smallest absolute Gasteiger partial charge is 0.157 e. The van der Waals surface area contributed by atoms with Gasteiger partial charge in [0, 0.05) is 29.1 Å². The zero-order valence-corrected chi connectivity index (χ0v) is 22.3. The Morgan fingerprint density at radius 1 is 1.24 bits per heavy atom. The van der Waals surface area contributed by atoms with E-state index in [9.17, 15) is 20.1 Å². The third-order valence-electron chi connectivity index (χ3n) is 6.76. The summed E-state index contributed by atoms with van der Waals surface area (Å²) in [4.78, 5) is 17.7. The van der Waals surface area contributed by atoms with Crippen LogP contribution in [0.25, 0.3) is 6.08 Å². The Morgan fingerprint density at radius 3 is 2.53 bits per heavy atom. The number of carbonyl (C=O) groups excluding carboxylic acids is 1. The summed E-state index contributed by atoms with van der Waals surface area (Å²) in [6, 6.07) is 0. The molecule has 0 aliphatic carbocycles. The summed E-state index contributed by atoms with van der Waals surface area (Å²) < 4.78 is 5.98. The summed E-state index contributed by atoms with van der Waals surface area (Å²) >= 11 is 1.57. The summed E-state index contributed by atoms with van der Waals surface area (Å²) in [7, 11) is 0. The molecule has 3 N–H and O–H groups in total. The second-order valence-electron chi connectivity index (χ2n) is 10.2. The van der Waals surface area contributed by atoms with Gasteiger partial charge in [-0.15, -0.1) is 11.3 Å². The van der Waals surface area contributed by atoms with E-state index in [1.54, 1.807) is 32.1 Å². The fourth-order valence-electron chi connectivity index (χ4n) is 4.19. The Morgan fingerprint density at radius 2 is 1.91 bits per heavy atom. The lowest BCUT2D eigenvalue weighted by Gasteiger charge is -2.35. The first-order valence-corrected chi connectivity index (χ1v) is 12.9. The Hall–Kier alpha value is -1.64. The predicted molar refractivity (Wildman–Crippen MR) is 137 cm³/mol. The van der Waals surface area contributed by atoms with Crippen molar-refractivity contribution in [3.63, 3.8) is 0 Å². The lowest BCUT2D eigenvalue weighted by atomic mass is 9.73.